The van der Waals surface area contributed by atoms with E-state index in [1.807, 2.05) is 6.92 Å². The van der Waals surface area contributed by atoms with Gasteiger partial charge in [-0.2, -0.15) is 0 Å². The minimum Gasteiger partial charge on any atom is -0.507 e. The number of Topliss-reactive ketones (excluding diaryl/α,β-unsaturated/α-hetero) is 1. The van der Waals surface area contributed by atoms with Crippen molar-refractivity contribution in [2.24, 2.45) is 0 Å². The van der Waals surface area contributed by atoms with Crippen LogP contribution in [0.2, 0.25) is 0 Å². The van der Waals surface area contributed by atoms with Gasteiger partial charge in [-0.25, -0.2) is 0 Å². The zero-order chi connectivity index (χ0) is 23.0. The van der Waals surface area contributed by atoms with E-state index in [0.29, 0.717) is 17.5 Å². The van der Waals surface area contributed by atoms with Crippen molar-refractivity contribution in [1.29, 1.82) is 0 Å². The van der Waals surface area contributed by atoms with Gasteiger partial charge in [-0.1, -0.05) is 37.3 Å². The van der Waals surface area contributed by atoms with Crippen molar-refractivity contribution in [3.8, 4) is 17.2 Å². The molecular formula is C25H24O6. The predicted molar refractivity (Wildman–Crippen MR) is 119 cm³/mol. The molecule has 0 aliphatic carbocycles. The molecular weight excluding hydrogens is 396 g/mol. The molecule has 2 rings (SSSR count). The Hall–Kier alpha value is -3.93. The molecule has 0 amide bonds. The maximum atomic E-state index is 12.6. The maximum Gasteiger partial charge on any atom is 0.189 e. The van der Waals surface area contributed by atoms with E-state index in [4.69, 9.17) is 4.74 Å². The van der Waals surface area contributed by atoms with Gasteiger partial charge in [0, 0.05) is 0 Å². The molecule has 6 nitrogen and oxygen atoms in total. The Morgan fingerprint density at radius 2 is 1.45 bits per heavy atom. The zero-order valence-electron chi connectivity index (χ0n) is 17.6. The number of phenolic OH excluding ortho intramolecular Hbond substituents is 2. The lowest BCUT2D eigenvalue weighted by atomic mass is 10.0. The minimum absolute atomic E-state index is 0.0139. The maximum absolute atomic E-state index is 12.6. The van der Waals surface area contributed by atoms with Crippen LogP contribution in [0.25, 0.3) is 12.2 Å². The molecule has 2 N–H and O–H groups in total. The van der Waals surface area contributed by atoms with Crippen LogP contribution in [0.3, 0.4) is 0 Å². The van der Waals surface area contributed by atoms with Gasteiger partial charge in [0.1, 0.15) is 5.75 Å². The van der Waals surface area contributed by atoms with E-state index in [1.54, 1.807) is 24.3 Å². The van der Waals surface area contributed by atoms with Crippen LogP contribution in [-0.4, -0.2) is 34.7 Å². The van der Waals surface area contributed by atoms with Gasteiger partial charge >= 0.3 is 0 Å². The number of carbonyl (C=O) groups is 3. The number of phenols is 2. The van der Waals surface area contributed by atoms with Crippen LogP contribution < -0.4 is 4.74 Å². The predicted octanol–water partition coefficient (Wildman–Crippen LogP) is 4.51. The lowest BCUT2D eigenvalue weighted by molar-refractivity contribution is -0.116. The number of aromatic hydroxyl groups is 2. The van der Waals surface area contributed by atoms with Crippen molar-refractivity contribution in [2.75, 3.05) is 7.11 Å². The molecule has 0 aliphatic heterocycles. The van der Waals surface area contributed by atoms with Crippen molar-refractivity contribution in [1.82, 2.24) is 0 Å². The Kier molecular flexibility index (Phi) is 8.09. The largest absolute Gasteiger partial charge is 0.507 e. The summed E-state index contributed by atoms with van der Waals surface area (Å²) in [6, 6.07) is 9.06. The van der Waals surface area contributed by atoms with E-state index in [-0.39, 0.29) is 34.2 Å². The third-order valence-corrected chi connectivity index (χ3v) is 4.40. The highest BCUT2D eigenvalue weighted by Gasteiger charge is 2.13. The Morgan fingerprint density at radius 3 is 1.97 bits per heavy atom. The van der Waals surface area contributed by atoms with Gasteiger partial charge < -0.3 is 14.9 Å². The van der Waals surface area contributed by atoms with Crippen molar-refractivity contribution in [2.45, 2.75) is 20.3 Å². The molecule has 0 heterocycles. The molecule has 31 heavy (non-hydrogen) atoms. The fourth-order valence-electron chi connectivity index (χ4n) is 2.79. The van der Waals surface area contributed by atoms with Gasteiger partial charge in [-0.15, -0.1) is 0 Å². The summed E-state index contributed by atoms with van der Waals surface area (Å²) in [5.74, 6) is -1.10. The van der Waals surface area contributed by atoms with E-state index in [0.717, 1.165) is 0 Å². The number of rotatable bonds is 9. The third-order valence-electron chi connectivity index (χ3n) is 4.40. The SMILES string of the molecule is CC/C=C(/C(=O)/C=C/c1ccc(O)c(OC)c1)C(=O)/C=C/c1ccc(O)c(C(C)=O)c1. The number of ether oxygens (including phenoxy) is 1. The summed E-state index contributed by atoms with van der Waals surface area (Å²) in [7, 11) is 1.42. The van der Waals surface area contributed by atoms with Gasteiger partial charge in [0.05, 0.1) is 18.2 Å². The van der Waals surface area contributed by atoms with Crippen molar-refractivity contribution >= 4 is 29.5 Å². The molecule has 0 spiro atoms. The van der Waals surface area contributed by atoms with Gasteiger partial charge in [0.2, 0.25) is 0 Å². The van der Waals surface area contributed by atoms with Crippen molar-refractivity contribution in [3.63, 3.8) is 0 Å². The Labute approximate surface area is 180 Å². The van der Waals surface area contributed by atoms with Gasteiger partial charge in [0.25, 0.3) is 0 Å². The van der Waals surface area contributed by atoms with E-state index < -0.39 is 11.6 Å². The number of methoxy groups -OCH3 is 1. The number of allylic oxidation sites excluding steroid dienone is 4. The number of benzene rings is 2. The monoisotopic (exact) mass is 420 g/mol. The summed E-state index contributed by atoms with van der Waals surface area (Å²) in [5, 5.41) is 19.4. The number of hydrogen-bond acceptors (Lipinski definition) is 6. The first-order valence-electron chi connectivity index (χ1n) is 9.62. The standard InChI is InChI=1S/C25H24O6/c1-4-5-19(22(28)11-8-18-9-13-24(30)25(15-18)31-3)21(27)10-6-17-7-12-23(29)20(14-17)16(2)26/h5-15,29-30H,4H2,1-3H3/b10-6+,11-8+,19-5+. The molecule has 0 radical (unpaired) electrons. The highest BCUT2D eigenvalue weighted by atomic mass is 16.5. The van der Waals surface area contributed by atoms with Gasteiger partial charge in [-0.3, -0.25) is 14.4 Å². The molecule has 0 bridgehead atoms. The second-order valence-electron chi connectivity index (χ2n) is 6.69. The van der Waals surface area contributed by atoms with Crippen LogP contribution in [-0.2, 0) is 9.59 Å². The summed E-state index contributed by atoms with van der Waals surface area (Å²) in [6.07, 6.45) is 7.60. The van der Waals surface area contributed by atoms with Crippen LogP contribution in [0, 0.1) is 0 Å². The highest BCUT2D eigenvalue weighted by molar-refractivity contribution is 6.28. The Balaban J connectivity index is 2.21. The van der Waals surface area contributed by atoms with Crippen LogP contribution >= 0.6 is 0 Å². The van der Waals surface area contributed by atoms with Gasteiger partial charge in [-0.05, 0) is 60.9 Å². The summed E-state index contributed by atoms with van der Waals surface area (Å²) >= 11 is 0. The topological polar surface area (TPSA) is 101 Å². The number of hydrogen-bond donors (Lipinski definition) is 2. The van der Waals surface area contributed by atoms with E-state index in [9.17, 15) is 24.6 Å². The van der Waals surface area contributed by atoms with E-state index in [2.05, 4.69) is 0 Å². The summed E-state index contributed by atoms with van der Waals surface area (Å²) in [6.45, 7) is 3.16. The molecule has 0 saturated heterocycles. The molecule has 2 aromatic carbocycles. The number of carbonyl (C=O) groups excluding carboxylic acids is 3. The highest BCUT2D eigenvalue weighted by Crippen LogP contribution is 2.27. The smallest absolute Gasteiger partial charge is 0.189 e. The third kappa shape index (κ3) is 6.27. The fourth-order valence-corrected chi connectivity index (χ4v) is 2.79. The average molecular weight is 420 g/mol. The van der Waals surface area contributed by atoms with Crippen LogP contribution in [0.15, 0.2) is 60.2 Å². The molecule has 160 valence electrons. The van der Waals surface area contributed by atoms with Crippen LogP contribution in [0.4, 0.5) is 0 Å². The summed E-state index contributed by atoms with van der Waals surface area (Å²) in [4.78, 5) is 36.8. The minimum atomic E-state index is -0.475. The van der Waals surface area contributed by atoms with Crippen molar-refractivity contribution < 1.29 is 29.3 Å². The molecule has 2 aromatic rings. The molecule has 0 aliphatic rings. The second kappa shape index (κ2) is 10.7. The molecule has 0 fully saturated rings. The second-order valence-corrected chi connectivity index (χ2v) is 6.69. The van der Waals surface area contributed by atoms with Crippen LogP contribution in [0.1, 0.15) is 41.8 Å². The zero-order valence-corrected chi connectivity index (χ0v) is 17.6. The summed E-state index contributed by atoms with van der Waals surface area (Å²) in [5.41, 5.74) is 1.35. The average Bonchev–Trinajstić information content (AvgIpc) is 2.75. The van der Waals surface area contributed by atoms with E-state index >= 15 is 0 Å². The van der Waals surface area contributed by atoms with Crippen LogP contribution in [0.5, 0.6) is 17.2 Å². The fraction of sp³-hybridized carbons (Fsp3) is 0.160. The Bertz CT molecular complexity index is 1090. The first-order valence-corrected chi connectivity index (χ1v) is 9.62. The molecule has 0 aromatic heterocycles. The first-order chi connectivity index (χ1) is 14.8. The Morgan fingerprint density at radius 1 is 0.903 bits per heavy atom. The summed E-state index contributed by atoms with van der Waals surface area (Å²) < 4.78 is 5.04. The molecule has 0 unspecified atom stereocenters. The normalized spacial score (nSPS) is 11.8. The number of ketones is 3. The molecule has 0 saturated carbocycles. The lowest BCUT2D eigenvalue weighted by Gasteiger charge is -2.04. The van der Waals surface area contributed by atoms with E-state index in [1.165, 1.54) is 56.5 Å². The first kappa shape index (κ1) is 23.3. The quantitative estimate of drug-likeness (QED) is 0.268. The lowest BCUT2D eigenvalue weighted by Crippen LogP contribution is -2.08. The van der Waals surface area contributed by atoms with Gasteiger partial charge in [0.15, 0.2) is 28.8 Å². The molecule has 6 heteroatoms. The van der Waals surface area contributed by atoms with Crippen molar-refractivity contribution in [3.05, 3.63) is 76.9 Å². The molecule has 0 atom stereocenters.